The third kappa shape index (κ3) is 4.27. The van der Waals surface area contributed by atoms with Gasteiger partial charge in [0.2, 0.25) is 5.91 Å². The number of carboxylic acid groups (broad SMARTS) is 1. The lowest BCUT2D eigenvalue weighted by Crippen LogP contribution is -2.27. The van der Waals surface area contributed by atoms with E-state index in [4.69, 9.17) is 5.11 Å². The Morgan fingerprint density at radius 1 is 1.50 bits per heavy atom. The molecule has 0 aliphatic carbocycles. The molecule has 5 nitrogen and oxygen atoms in total. The Hall–Kier alpha value is -1.04. The minimum absolute atomic E-state index is 0.0348. The van der Waals surface area contributed by atoms with E-state index in [2.05, 4.69) is 10.3 Å². The Morgan fingerprint density at radius 2 is 2.29 bits per heavy atom. The molecule has 78 valence electrons. The second-order valence-corrected chi connectivity index (χ2v) is 3.91. The zero-order valence-electron chi connectivity index (χ0n) is 7.65. The Kier molecular flexibility index (Phi) is 4.45. The van der Waals surface area contributed by atoms with E-state index in [1.165, 1.54) is 11.8 Å². The smallest absolute Gasteiger partial charge is 0.303 e. The van der Waals surface area contributed by atoms with Crippen LogP contribution in [-0.2, 0) is 9.59 Å². The van der Waals surface area contributed by atoms with E-state index in [1.807, 2.05) is 0 Å². The van der Waals surface area contributed by atoms with Crippen LogP contribution in [0.4, 0.5) is 0 Å². The van der Waals surface area contributed by atoms with Crippen LogP contribution >= 0.6 is 11.8 Å². The van der Waals surface area contributed by atoms with E-state index in [0.717, 1.165) is 12.3 Å². The monoisotopic (exact) mass is 216 g/mol. The number of carbonyl (C=O) groups is 2. The van der Waals surface area contributed by atoms with Crippen molar-refractivity contribution in [1.82, 2.24) is 5.32 Å². The average molecular weight is 216 g/mol. The van der Waals surface area contributed by atoms with E-state index >= 15 is 0 Å². The van der Waals surface area contributed by atoms with Crippen molar-refractivity contribution < 1.29 is 14.7 Å². The Bertz CT molecular complexity index is 265. The predicted molar refractivity (Wildman–Crippen MR) is 54.4 cm³/mol. The first-order valence-electron chi connectivity index (χ1n) is 4.37. The summed E-state index contributed by atoms with van der Waals surface area (Å²) in [5, 5.41) is 11.6. The standard InChI is InChI=1S/C8H12N2O3S/c11-6(2-1-3-7(12)13)10-8-9-4-5-14-8/h1-5H2,(H,12,13)(H,9,10,11). The summed E-state index contributed by atoms with van der Waals surface area (Å²) in [5.41, 5.74) is 0. The largest absolute Gasteiger partial charge is 0.481 e. The van der Waals surface area contributed by atoms with E-state index in [-0.39, 0.29) is 18.7 Å². The lowest BCUT2D eigenvalue weighted by Gasteiger charge is -2.02. The normalized spacial score (nSPS) is 15.0. The van der Waals surface area contributed by atoms with Gasteiger partial charge < -0.3 is 10.4 Å². The Balaban J connectivity index is 2.12. The number of carbonyl (C=O) groups excluding carboxylic acids is 1. The molecule has 0 saturated heterocycles. The van der Waals surface area contributed by atoms with Gasteiger partial charge in [0.25, 0.3) is 0 Å². The topological polar surface area (TPSA) is 78.8 Å². The summed E-state index contributed by atoms with van der Waals surface area (Å²) >= 11 is 1.51. The summed E-state index contributed by atoms with van der Waals surface area (Å²) in [6.45, 7) is 0.745. The van der Waals surface area contributed by atoms with Crippen molar-refractivity contribution in [2.24, 2.45) is 4.99 Å². The molecule has 0 bridgehead atoms. The van der Waals surface area contributed by atoms with Crippen LogP contribution in [0.2, 0.25) is 0 Å². The minimum atomic E-state index is -0.870. The van der Waals surface area contributed by atoms with Crippen molar-refractivity contribution in [1.29, 1.82) is 0 Å². The fraction of sp³-hybridized carbons (Fsp3) is 0.625. The highest BCUT2D eigenvalue weighted by atomic mass is 32.2. The molecule has 6 heteroatoms. The zero-order chi connectivity index (χ0) is 10.4. The second kappa shape index (κ2) is 5.64. The second-order valence-electron chi connectivity index (χ2n) is 2.83. The number of rotatable bonds is 4. The van der Waals surface area contributed by atoms with E-state index in [1.54, 1.807) is 0 Å². The number of nitrogens with zero attached hydrogens (tertiary/aromatic N) is 1. The Labute approximate surface area is 86.0 Å². The zero-order valence-corrected chi connectivity index (χ0v) is 8.47. The number of thioether (sulfide) groups is 1. The number of aliphatic imine (C=N–C) groups is 1. The van der Waals surface area contributed by atoms with Crippen LogP contribution in [-0.4, -0.2) is 34.4 Å². The molecule has 1 rings (SSSR count). The fourth-order valence-corrected chi connectivity index (χ4v) is 1.74. The molecule has 1 amide bonds. The summed E-state index contributed by atoms with van der Waals surface area (Å²) in [7, 11) is 0. The first-order valence-corrected chi connectivity index (χ1v) is 5.36. The number of amidine groups is 1. The summed E-state index contributed by atoms with van der Waals surface area (Å²) in [4.78, 5) is 25.4. The molecule has 1 aliphatic heterocycles. The van der Waals surface area contributed by atoms with Gasteiger partial charge in [-0.2, -0.15) is 0 Å². The van der Waals surface area contributed by atoms with Gasteiger partial charge in [-0.15, -0.1) is 0 Å². The van der Waals surface area contributed by atoms with Crippen LogP contribution in [0, 0.1) is 0 Å². The van der Waals surface area contributed by atoms with Crippen molar-refractivity contribution in [2.75, 3.05) is 12.3 Å². The van der Waals surface area contributed by atoms with Crippen LogP contribution in [0.3, 0.4) is 0 Å². The van der Waals surface area contributed by atoms with Gasteiger partial charge in [0.05, 0.1) is 6.54 Å². The van der Waals surface area contributed by atoms with Gasteiger partial charge in [-0.1, -0.05) is 11.8 Å². The molecule has 1 aliphatic rings. The van der Waals surface area contributed by atoms with Crippen LogP contribution in [0.5, 0.6) is 0 Å². The maximum atomic E-state index is 11.2. The van der Waals surface area contributed by atoms with Crippen LogP contribution < -0.4 is 5.32 Å². The summed E-state index contributed by atoms with van der Waals surface area (Å²) in [5.74, 6) is -0.116. The van der Waals surface area contributed by atoms with E-state index in [9.17, 15) is 9.59 Å². The molecule has 0 fully saturated rings. The van der Waals surface area contributed by atoms with Gasteiger partial charge in [-0.05, 0) is 6.42 Å². The van der Waals surface area contributed by atoms with Crippen LogP contribution in [0.15, 0.2) is 4.99 Å². The van der Waals surface area contributed by atoms with E-state index < -0.39 is 5.97 Å². The van der Waals surface area contributed by atoms with Crippen LogP contribution in [0.1, 0.15) is 19.3 Å². The van der Waals surface area contributed by atoms with Gasteiger partial charge in [0.15, 0.2) is 5.17 Å². The van der Waals surface area contributed by atoms with Crippen molar-refractivity contribution in [3.63, 3.8) is 0 Å². The third-order valence-electron chi connectivity index (χ3n) is 1.63. The van der Waals surface area contributed by atoms with Crippen molar-refractivity contribution in [3.05, 3.63) is 0 Å². The maximum absolute atomic E-state index is 11.2. The molecule has 14 heavy (non-hydrogen) atoms. The number of hydrogen-bond acceptors (Lipinski definition) is 4. The molecule has 0 atom stereocenters. The highest BCUT2D eigenvalue weighted by molar-refractivity contribution is 8.14. The fourth-order valence-electron chi connectivity index (χ4n) is 0.993. The lowest BCUT2D eigenvalue weighted by atomic mass is 10.2. The average Bonchev–Trinajstić information content (AvgIpc) is 2.56. The molecule has 0 aromatic carbocycles. The quantitative estimate of drug-likeness (QED) is 0.715. The van der Waals surface area contributed by atoms with Crippen molar-refractivity contribution >= 4 is 28.8 Å². The molecule has 2 N–H and O–H groups in total. The molecule has 0 radical (unpaired) electrons. The van der Waals surface area contributed by atoms with Gasteiger partial charge in [-0.3, -0.25) is 14.6 Å². The van der Waals surface area contributed by atoms with Gasteiger partial charge in [0, 0.05) is 18.6 Å². The van der Waals surface area contributed by atoms with Crippen molar-refractivity contribution in [3.8, 4) is 0 Å². The molecule has 0 aromatic heterocycles. The number of hydrogen-bond donors (Lipinski definition) is 2. The summed E-state index contributed by atoms with van der Waals surface area (Å²) < 4.78 is 0. The molecule has 0 unspecified atom stereocenters. The van der Waals surface area contributed by atoms with Crippen LogP contribution in [0.25, 0.3) is 0 Å². The SMILES string of the molecule is O=C(O)CCCC(=O)NC1=NCCS1. The summed E-state index contributed by atoms with van der Waals surface area (Å²) in [6.07, 6.45) is 0.651. The maximum Gasteiger partial charge on any atom is 0.303 e. The summed E-state index contributed by atoms with van der Waals surface area (Å²) in [6, 6.07) is 0. The van der Waals surface area contributed by atoms with Gasteiger partial charge >= 0.3 is 5.97 Å². The lowest BCUT2D eigenvalue weighted by molar-refractivity contribution is -0.137. The first kappa shape index (κ1) is 11.0. The molecule has 0 aromatic rings. The van der Waals surface area contributed by atoms with Crippen molar-refractivity contribution in [2.45, 2.75) is 19.3 Å². The molecule has 1 heterocycles. The van der Waals surface area contributed by atoms with Gasteiger partial charge in [0.1, 0.15) is 0 Å². The highest BCUT2D eigenvalue weighted by Crippen LogP contribution is 2.09. The first-order chi connectivity index (χ1) is 6.68. The highest BCUT2D eigenvalue weighted by Gasteiger charge is 2.10. The number of aliphatic carboxylic acids is 1. The number of nitrogens with one attached hydrogen (secondary N) is 1. The molecular formula is C8H12N2O3S. The number of carboxylic acids is 1. The minimum Gasteiger partial charge on any atom is -0.481 e. The molecule has 0 spiro atoms. The molecule has 0 saturated carbocycles. The predicted octanol–water partition coefficient (Wildman–Crippen LogP) is 0.460. The third-order valence-corrected chi connectivity index (χ3v) is 2.52. The van der Waals surface area contributed by atoms with Gasteiger partial charge in [-0.25, -0.2) is 0 Å². The number of amides is 1. The Morgan fingerprint density at radius 3 is 2.86 bits per heavy atom. The molecular weight excluding hydrogens is 204 g/mol. The van der Waals surface area contributed by atoms with E-state index in [0.29, 0.717) is 11.6 Å².